The third kappa shape index (κ3) is 3.41. The molecule has 0 amide bonds. The Bertz CT molecular complexity index is 3060. The summed E-state index contributed by atoms with van der Waals surface area (Å²) in [7, 11) is 0. The molecule has 0 unspecified atom stereocenters. The maximum atomic E-state index is 6.59. The summed E-state index contributed by atoms with van der Waals surface area (Å²) in [5.41, 5.74) is 8.98. The van der Waals surface area contributed by atoms with E-state index in [4.69, 9.17) is 4.42 Å². The van der Waals surface area contributed by atoms with E-state index in [1.54, 1.807) is 0 Å². The second-order valence-corrected chi connectivity index (χ2v) is 12.8. The monoisotopic (exact) mass is 609 g/mol. The zero-order chi connectivity index (χ0) is 31.3. The van der Waals surface area contributed by atoms with Gasteiger partial charge in [-0.25, -0.2) is 0 Å². The Morgan fingerprint density at radius 3 is 1.62 bits per heavy atom. The predicted octanol–water partition coefficient (Wildman–Crippen LogP) is 13.2. The molecule has 0 saturated heterocycles. The van der Waals surface area contributed by atoms with Crippen molar-refractivity contribution >= 4 is 86.8 Å². The lowest BCUT2D eigenvalue weighted by molar-refractivity contribution is 0.670. The van der Waals surface area contributed by atoms with Crippen molar-refractivity contribution < 1.29 is 4.42 Å². The fourth-order valence-corrected chi connectivity index (χ4v) is 8.37. The van der Waals surface area contributed by atoms with Gasteiger partial charge in [0.05, 0.1) is 5.52 Å². The van der Waals surface area contributed by atoms with Crippen LogP contribution in [-0.4, -0.2) is 4.98 Å². The first-order chi connectivity index (χ1) is 23.8. The SMILES string of the molecule is c1ccc2c(c1)oc1c(-c3c4ccccc4c(-c4ccc5[nH]c6c7ccccc7c7ccccc7c6c5c4)c4ccccc34)cccc12. The third-order valence-electron chi connectivity index (χ3n) is 10.4. The van der Waals surface area contributed by atoms with Crippen molar-refractivity contribution in [1.82, 2.24) is 4.98 Å². The Kier molecular flexibility index (Phi) is 5.14. The number of benzene rings is 9. The van der Waals surface area contributed by atoms with Gasteiger partial charge in [0.1, 0.15) is 11.2 Å². The summed E-state index contributed by atoms with van der Waals surface area (Å²) in [5.74, 6) is 0. The molecule has 0 fully saturated rings. The molecule has 1 N–H and O–H groups in total. The highest BCUT2D eigenvalue weighted by molar-refractivity contribution is 6.32. The minimum atomic E-state index is 0.914. The number of para-hydroxylation sites is 2. The van der Waals surface area contributed by atoms with E-state index in [-0.39, 0.29) is 0 Å². The number of hydrogen-bond acceptors (Lipinski definition) is 1. The molecule has 0 aliphatic carbocycles. The molecule has 2 heteroatoms. The van der Waals surface area contributed by atoms with Crippen LogP contribution in [0.15, 0.2) is 162 Å². The van der Waals surface area contributed by atoms with Crippen LogP contribution in [0.4, 0.5) is 0 Å². The second kappa shape index (κ2) is 9.57. The molecule has 0 bridgehead atoms. The molecule has 0 aliphatic heterocycles. The molecule has 48 heavy (non-hydrogen) atoms. The molecule has 9 aromatic carbocycles. The van der Waals surface area contributed by atoms with Crippen LogP contribution >= 0.6 is 0 Å². The Hall–Kier alpha value is -6.38. The fraction of sp³-hybridized carbons (Fsp3) is 0. The van der Waals surface area contributed by atoms with Gasteiger partial charge in [0.15, 0.2) is 0 Å². The molecule has 0 radical (unpaired) electrons. The van der Waals surface area contributed by atoms with Crippen molar-refractivity contribution in [3.8, 4) is 22.3 Å². The van der Waals surface area contributed by atoms with E-state index in [0.29, 0.717) is 0 Å². The molecule has 11 rings (SSSR count). The minimum Gasteiger partial charge on any atom is -0.455 e. The van der Waals surface area contributed by atoms with E-state index in [2.05, 4.69) is 157 Å². The van der Waals surface area contributed by atoms with Gasteiger partial charge in [0, 0.05) is 43.6 Å². The Morgan fingerprint density at radius 1 is 0.375 bits per heavy atom. The van der Waals surface area contributed by atoms with E-state index >= 15 is 0 Å². The standard InChI is InChI=1S/C46H27NO/c1-3-15-31-28(12-1)29-13-2-8-20-36(29)45-44(31)39-26-27(24-25-40(39)47-45)42-32-16-4-6-18-34(32)43(35-19-7-5-17-33(35)42)38-22-11-21-37-30-14-9-10-23-41(30)48-46(37)38/h1-26,47H. The zero-order valence-corrected chi connectivity index (χ0v) is 25.9. The molecule has 0 atom stereocenters. The molecule has 0 saturated carbocycles. The highest BCUT2D eigenvalue weighted by Gasteiger charge is 2.21. The fourth-order valence-electron chi connectivity index (χ4n) is 8.37. The summed E-state index contributed by atoms with van der Waals surface area (Å²) in [6.07, 6.45) is 0. The first kappa shape index (κ1) is 25.8. The number of aromatic amines is 1. The smallest absolute Gasteiger partial charge is 0.143 e. The number of H-pyrrole nitrogens is 1. The molecular weight excluding hydrogens is 583 g/mol. The summed E-state index contributed by atoms with van der Waals surface area (Å²) >= 11 is 0. The van der Waals surface area contributed by atoms with Crippen molar-refractivity contribution in [2.75, 3.05) is 0 Å². The highest BCUT2D eigenvalue weighted by Crippen LogP contribution is 2.47. The number of aromatic nitrogens is 1. The Balaban J connectivity index is 1.26. The number of rotatable bonds is 2. The summed E-state index contributed by atoms with van der Waals surface area (Å²) in [5, 5.41) is 14.8. The molecule has 0 aliphatic rings. The van der Waals surface area contributed by atoms with Gasteiger partial charge in [-0.05, 0) is 67.0 Å². The van der Waals surface area contributed by atoms with Gasteiger partial charge in [-0.1, -0.05) is 140 Å². The summed E-state index contributed by atoms with van der Waals surface area (Å²) < 4.78 is 6.59. The largest absolute Gasteiger partial charge is 0.455 e. The van der Waals surface area contributed by atoms with E-state index in [1.807, 2.05) is 6.07 Å². The lowest BCUT2D eigenvalue weighted by Crippen LogP contribution is -1.91. The van der Waals surface area contributed by atoms with Gasteiger partial charge in [0.25, 0.3) is 0 Å². The first-order valence-electron chi connectivity index (χ1n) is 16.5. The summed E-state index contributed by atoms with van der Waals surface area (Å²) in [4.78, 5) is 3.81. The van der Waals surface area contributed by atoms with Gasteiger partial charge in [-0.3, -0.25) is 0 Å². The van der Waals surface area contributed by atoms with Gasteiger partial charge in [-0.15, -0.1) is 0 Å². The first-order valence-corrected chi connectivity index (χ1v) is 16.5. The van der Waals surface area contributed by atoms with Crippen molar-refractivity contribution in [2.45, 2.75) is 0 Å². The van der Waals surface area contributed by atoms with E-state index in [0.717, 1.165) is 33.0 Å². The number of hydrogen-bond donors (Lipinski definition) is 1. The maximum Gasteiger partial charge on any atom is 0.143 e. The number of fused-ring (bicyclic) bond motifs is 13. The lowest BCUT2D eigenvalue weighted by Gasteiger charge is -2.18. The van der Waals surface area contributed by atoms with Crippen LogP contribution < -0.4 is 0 Å². The van der Waals surface area contributed by atoms with Crippen molar-refractivity contribution in [1.29, 1.82) is 0 Å². The van der Waals surface area contributed by atoms with Crippen LogP contribution in [0.25, 0.3) is 109 Å². The lowest BCUT2D eigenvalue weighted by atomic mass is 9.85. The zero-order valence-electron chi connectivity index (χ0n) is 25.9. The van der Waals surface area contributed by atoms with Gasteiger partial charge in [0.2, 0.25) is 0 Å². The Morgan fingerprint density at radius 2 is 0.917 bits per heavy atom. The van der Waals surface area contributed by atoms with Crippen molar-refractivity contribution in [3.05, 3.63) is 158 Å². The van der Waals surface area contributed by atoms with E-state index < -0.39 is 0 Å². The van der Waals surface area contributed by atoms with Crippen LogP contribution in [0, 0.1) is 0 Å². The normalized spacial score (nSPS) is 12.2. The molecule has 2 aromatic heterocycles. The second-order valence-electron chi connectivity index (χ2n) is 12.8. The maximum absolute atomic E-state index is 6.59. The van der Waals surface area contributed by atoms with E-state index in [1.165, 1.54) is 76.1 Å². The Labute approximate surface area is 275 Å². The summed E-state index contributed by atoms with van der Waals surface area (Å²) in [6, 6.07) is 57.1. The van der Waals surface area contributed by atoms with Crippen LogP contribution in [0.5, 0.6) is 0 Å². The average Bonchev–Trinajstić information content (AvgIpc) is 3.73. The number of nitrogens with one attached hydrogen (secondary N) is 1. The van der Waals surface area contributed by atoms with Gasteiger partial charge >= 0.3 is 0 Å². The molecule has 222 valence electrons. The molecule has 2 heterocycles. The third-order valence-corrected chi connectivity index (χ3v) is 10.4. The molecule has 2 nitrogen and oxygen atoms in total. The summed E-state index contributed by atoms with van der Waals surface area (Å²) in [6.45, 7) is 0. The van der Waals surface area contributed by atoms with Crippen molar-refractivity contribution in [2.24, 2.45) is 0 Å². The van der Waals surface area contributed by atoms with Gasteiger partial charge in [-0.2, -0.15) is 0 Å². The number of furan rings is 1. The highest BCUT2D eigenvalue weighted by atomic mass is 16.3. The van der Waals surface area contributed by atoms with Crippen LogP contribution in [-0.2, 0) is 0 Å². The minimum absolute atomic E-state index is 0.914. The van der Waals surface area contributed by atoms with Crippen LogP contribution in [0.3, 0.4) is 0 Å². The van der Waals surface area contributed by atoms with Crippen LogP contribution in [0.1, 0.15) is 0 Å². The topological polar surface area (TPSA) is 28.9 Å². The van der Waals surface area contributed by atoms with Crippen molar-refractivity contribution in [3.63, 3.8) is 0 Å². The predicted molar refractivity (Wildman–Crippen MR) is 204 cm³/mol. The molecule has 0 spiro atoms. The molecular formula is C46H27NO. The van der Waals surface area contributed by atoms with E-state index in [9.17, 15) is 0 Å². The molecule has 11 aromatic rings. The average molecular weight is 610 g/mol. The van der Waals surface area contributed by atoms with Crippen LogP contribution in [0.2, 0.25) is 0 Å². The quantitative estimate of drug-likeness (QED) is 0.153. The van der Waals surface area contributed by atoms with Gasteiger partial charge < -0.3 is 9.40 Å².